The van der Waals surface area contributed by atoms with Gasteiger partial charge in [0.05, 0.1) is 24.6 Å². The summed E-state index contributed by atoms with van der Waals surface area (Å²) in [6.07, 6.45) is 2.37. The Bertz CT molecular complexity index is 376. The molecule has 1 saturated heterocycles. The molecule has 0 aliphatic carbocycles. The van der Waals surface area contributed by atoms with Crippen molar-refractivity contribution in [2.75, 3.05) is 37.4 Å². The van der Waals surface area contributed by atoms with Gasteiger partial charge in [-0.15, -0.1) is 0 Å². The van der Waals surface area contributed by atoms with Crippen LogP contribution in [0.2, 0.25) is 0 Å². The highest BCUT2D eigenvalue weighted by molar-refractivity contribution is 5.72. The normalized spacial score (nSPS) is 19.5. The Morgan fingerprint density at radius 3 is 3.11 bits per heavy atom. The molecule has 0 saturated carbocycles. The standard InChI is InChI=1S/C14H22N2O2/c1-2-18-13-7-3-6-12(14(13)15)16-9-11-5-4-8-17-10-11/h3,6-7,11,16H,2,4-5,8-10,15H2,1H3. The second-order valence-electron chi connectivity index (χ2n) is 4.61. The highest BCUT2D eigenvalue weighted by Crippen LogP contribution is 2.29. The van der Waals surface area contributed by atoms with Crippen molar-refractivity contribution in [3.8, 4) is 5.75 Å². The molecule has 1 aliphatic rings. The van der Waals surface area contributed by atoms with Crippen molar-refractivity contribution in [3.63, 3.8) is 0 Å². The molecule has 0 aromatic heterocycles. The Morgan fingerprint density at radius 2 is 2.39 bits per heavy atom. The summed E-state index contributed by atoms with van der Waals surface area (Å²) in [4.78, 5) is 0. The van der Waals surface area contributed by atoms with Crippen LogP contribution in [0, 0.1) is 5.92 Å². The lowest BCUT2D eigenvalue weighted by Crippen LogP contribution is -2.24. The first-order chi connectivity index (χ1) is 8.81. The largest absolute Gasteiger partial charge is 0.492 e. The first-order valence-corrected chi connectivity index (χ1v) is 6.64. The van der Waals surface area contributed by atoms with Crippen LogP contribution in [0.4, 0.5) is 11.4 Å². The van der Waals surface area contributed by atoms with E-state index in [0.29, 0.717) is 18.2 Å². The molecule has 0 bridgehead atoms. The molecule has 0 radical (unpaired) electrons. The monoisotopic (exact) mass is 250 g/mol. The average molecular weight is 250 g/mol. The van der Waals surface area contributed by atoms with Gasteiger partial charge in [0.15, 0.2) is 0 Å². The maximum atomic E-state index is 6.07. The van der Waals surface area contributed by atoms with Crippen molar-refractivity contribution >= 4 is 11.4 Å². The SMILES string of the molecule is CCOc1cccc(NCC2CCCOC2)c1N. The van der Waals surface area contributed by atoms with Gasteiger partial charge in [-0.05, 0) is 37.8 Å². The van der Waals surface area contributed by atoms with E-state index < -0.39 is 0 Å². The van der Waals surface area contributed by atoms with Crippen molar-refractivity contribution in [1.29, 1.82) is 0 Å². The fraction of sp³-hybridized carbons (Fsp3) is 0.571. The third-order valence-electron chi connectivity index (χ3n) is 3.20. The molecule has 4 nitrogen and oxygen atoms in total. The van der Waals surface area contributed by atoms with E-state index >= 15 is 0 Å². The molecular formula is C14H22N2O2. The molecule has 3 N–H and O–H groups in total. The smallest absolute Gasteiger partial charge is 0.144 e. The Morgan fingerprint density at radius 1 is 1.50 bits per heavy atom. The van der Waals surface area contributed by atoms with Gasteiger partial charge < -0.3 is 20.5 Å². The lowest BCUT2D eigenvalue weighted by molar-refractivity contribution is 0.0595. The second kappa shape index (κ2) is 6.50. The van der Waals surface area contributed by atoms with E-state index in [4.69, 9.17) is 15.2 Å². The third-order valence-corrected chi connectivity index (χ3v) is 3.20. The van der Waals surface area contributed by atoms with Crippen molar-refractivity contribution in [1.82, 2.24) is 0 Å². The molecule has 4 heteroatoms. The number of para-hydroxylation sites is 1. The average Bonchev–Trinajstić information content (AvgIpc) is 2.41. The summed E-state index contributed by atoms with van der Waals surface area (Å²) in [6, 6.07) is 5.84. The number of hydrogen-bond acceptors (Lipinski definition) is 4. The fourth-order valence-corrected chi connectivity index (χ4v) is 2.20. The van der Waals surface area contributed by atoms with Gasteiger partial charge in [-0.1, -0.05) is 6.07 Å². The van der Waals surface area contributed by atoms with Crippen LogP contribution in [-0.4, -0.2) is 26.4 Å². The zero-order valence-electron chi connectivity index (χ0n) is 10.9. The van der Waals surface area contributed by atoms with E-state index in [0.717, 1.165) is 37.6 Å². The summed E-state index contributed by atoms with van der Waals surface area (Å²) in [5.41, 5.74) is 7.71. The molecule has 1 atom stereocenters. The quantitative estimate of drug-likeness (QED) is 0.788. The maximum Gasteiger partial charge on any atom is 0.144 e. The Hall–Kier alpha value is -1.42. The lowest BCUT2D eigenvalue weighted by atomic mass is 10.0. The fourth-order valence-electron chi connectivity index (χ4n) is 2.20. The minimum Gasteiger partial charge on any atom is -0.492 e. The molecule has 1 heterocycles. The molecule has 1 aromatic carbocycles. The van der Waals surface area contributed by atoms with Crippen molar-refractivity contribution < 1.29 is 9.47 Å². The number of nitrogens with one attached hydrogen (secondary N) is 1. The van der Waals surface area contributed by atoms with Gasteiger partial charge in [0.1, 0.15) is 5.75 Å². The van der Waals surface area contributed by atoms with Crippen LogP contribution >= 0.6 is 0 Å². The zero-order chi connectivity index (χ0) is 12.8. The third kappa shape index (κ3) is 3.29. The van der Waals surface area contributed by atoms with E-state index in [1.54, 1.807) is 0 Å². The van der Waals surface area contributed by atoms with Crippen LogP contribution in [0.1, 0.15) is 19.8 Å². The topological polar surface area (TPSA) is 56.5 Å². The van der Waals surface area contributed by atoms with Crippen LogP contribution < -0.4 is 15.8 Å². The van der Waals surface area contributed by atoms with Gasteiger partial charge in [0, 0.05) is 13.2 Å². The Balaban J connectivity index is 1.93. The molecular weight excluding hydrogens is 228 g/mol. The van der Waals surface area contributed by atoms with Crippen LogP contribution in [0.5, 0.6) is 5.75 Å². The number of hydrogen-bond donors (Lipinski definition) is 2. The van der Waals surface area contributed by atoms with E-state index in [1.165, 1.54) is 6.42 Å². The van der Waals surface area contributed by atoms with E-state index in [-0.39, 0.29) is 0 Å². The van der Waals surface area contributed by atoms with Crippen molar-refractivity contribution in [2.45, 2.75) is 19.8 Å². The summed E-state index contributed by atoms with van der Waals surface area (Å²) in [6.45, 7) is 5.24. The molecule has 1 aromatic rings. The molecule has 0 spiro atoms. The first-order valence-electron chi connectivity index (χ1n) is 6.64. The number of nitrogen functional groups attached to an aromatic ring is 1. The molecule has 100 valence electrons. The highest BCUT2D eigenvalue weighted by Gasteiger charge is 2.14. The predicted molar refractivity (Wildman–Crippen MR) is 74.1 cm³/mol. The van der Waals surface area contributed by atoms with Crippen molar-refractivity contribution in [2.24, 2.45) is 5.92 Å². The number of benzene rings is 1. The van der Waals surface area contributed by atoms with Gasteiger partial charge >= 0.3 is 0 Å². The molecule has 0 amide bonds. The van der Waals surface area contributed by atoms with Crippen LogP contribution in [0.15, 0.2) is 18.2 Å². The van der Waals surface area contributed by atoms with Gasteiger partial charge in [0.25, 0.3) is 0 Å². The highest BCUT2D eigenvalue weighted by atomic mass is 16.5. The van der Waals surface area contributed by atoms with Gasteiger partial charge in [-0.2, -0.15) is 0 Å². The van der Waals surface area contributed by atoms with Crippen LogP contribution in [-0.2, 0) is 4.74 Å². The summed E-state index contributed by atoms with van der Waals surface area (Å²) in [5, 5.41) is 3.40. The summed E-state index contributed by atoms with van der Waals surface area (Å²) < 4.78 is 10.9. The maximum absolute atomic E-state index is 6.07. The van der Waals surface area contributed by atoms with Crippen LogP contribution in [0.3, 0.4) is 0 Å². The van der Waals surface area contributed by atoms with E-state index in [9.17, 15) is 0 Å². The number of rotatable bonds is 5. The second-order valence-corrected chi connectivity index (χ2v) is 4.61. The zero-order valence-corrected chi connectivity index (χ0v) is 10.9. The number of ether oxygens (including phenoxy) is 2. The molecule has 2 rings (SSSR count). The Kier molecular flexibility index (Phi) is 4.70. The molecule has 1 unspecified atom stereocenters. The van der Waals surface area contributed by atoms with Crippen molar-refractivity contribution in [3.05, 3.63) is 18.2 Å². The van der Waals surface area contributed by atoms with E-state index in [1.807, 2.05) is 25.1 Å². The van der Waals surface area contributed by atoms with Gasteiger partial charge in [-0.3, -0.25) is 0 Å². The number of anilines is 2. The minimum atomic E-state index is 0.578. The molecule has 18 heavy (non-hydrogen) atoms. The molecule has 1 aliphatic heterocycles. The minimum absolute atomic E-state index is 0.578. The number of nitrogens with two attached hydrogens (primary N) is 1. The summed E-state index contributed by atoms with van der Waals surface area (Å²) in [5.74, 6) is 1.33. The summed E-state index contributed by atoms with van der Waals surface area (Å²) >= 11 is 0. The predicted octanol–water partition coefficient (Wildman–Crippen LogP) is 2.51. The van der Waals surface area contributed by atoms with E-state index in [2.05, 4.69) is 5.32 Å². The lowest BCUT2D eigenvalue weighted by Gasteiger charge is -2.23. The van der Waals surface area contributed by atoms with Gasteiger partial charge in [-0.25, -0.2) is 0 Å². The summed E-state index contributed by atoms with van der Waals surface area (Å²) in [7, 11) is 0. The Labute approximate surface area is 108 Å². The molecule has 1 fully saturated rings. The van der Waals surface area contributed by atoms with Gasteiger partial charge in [0.2, 0.25) is 0 Å². The van der Waals surface area contributed by atoms with Crippen LogP contribution in [0.25, 0.3) is 0 Å². The first kappa shape index (κ1) is 13.0.